The van der Waals surface area contributed by atoms with Gasteiger partial charge < -0.3 is 10.1 Å². The van der Waals surface area contributed by atoms with E-state index in [1.54, 1.807) is 0 Å². The molecule has 2 aromatic rings. The summed E-state index contributed by atoms with van der Waals surface area (Å²) in [6.07, 6.45) is 0. The van der Waals surface area contributed by atoms with Gasteiger partial charge in [0.25, 0.3) is 5.56 Å². The molecule has 0 saturated carbocycles. The molecule has 1 aromatic heterocycles. The van der Waals surface area contributed by atoms with Crippen molar-refractivity contribution in [2.24, 2.45) is 0 Å². The number of hydrogen-bond donors (Lipinski definition) is 2. The number of aromatic amines is 1. The topological polar surface area (TPSA) is 70.2 Å². The Hall–Kier alpha value is -2.10. The first-order valence-corrected chi connectivity index (χ1v) is 4.86. The second kappa shape index (κ2) is 3.48. The van der Waals surface area contributed by atoms with Crippen LogP contribution in [0.2, 0.25) is 0 Å². The quantitative estimate of drug-likeness (QED) is 0.765. The highest BCUT2D eigenvalue weighted by Gasteiger charge is 2.10. The highest BCUT2D eigenvalue weighted by Crippen LogP contribution is 2.18. The van der Waals surface area contributed by atoms with Crippen LogP contribution in [0, 0.1) is 13.8 Å². The van der Waals surface area contributed by atoms with Crippen molar-refractivity contribution < 1.29 is 9.90 Å². The van der Waals surface area contributed by atoms with Gasteiger partial charge in [-0.05, 0) is 37.1 Å². The van der Waals surface area contributed by atoms with Crippen molar-refractivity contribution in [1.82, 2.24) is 4.98 Å². The standard InChI is InChI=1S/C12H11NO3/c1-6-3-7(2)8-5-9(12(15)16)11(14)13-10(8)4-6/h3-5H,1-2H3,(H,13,14)(H,15,16). The lowest BCUT2D eigenvalue weighted by molar-refractivity contribution is 0.0695. The largest absolute Gasteiger partial charge is 0.477 e. The molecule has 1 heterocycles. The van der Waals surface area contributed by atoms with Gasteiger partial charge in [-0.15, -0.1) is 0 Å². The number of fused-ring (bicyclic) bond motifs is 1. The molecule has 82 valence electrons. The molecule has 0 saturated heterocycles. The van der Waals surface area contributed by atoms with Crippen LogP contribution in [0.15, 0.2) is 23.0 Å². The minimum absolute atomic E-state index is 0.223. The van der Waals surface area contributed by atoms with Crippen LogP contribution in [0.3, 0.4) is 0 Å². The van der Waals surface area contributed by atoms with Gasteiger partial charge in [-0.25, -0.2) is 4.79 Å². The third-order valence-corrected chi connectivity index (χ3v) is 2.54. The Labute approximate surface area is 91.5 Å². The summed E-state index contributed by atoms with van der Waals surface area (Å²) in [7, 11) is 0. The number of carboxylic acid groups (broad SMARTS) is 1. The molecule has 0 aliphatic heterocycles. The first-order chi connectivity index (χ1) is 7.49. The van der Waals surface area contributed by atoms with E-state index in [1.807, 2.05) is 26.0 Å². The first kappa shape index (κ1) is 10.4. The smallest absolute Gasteiger partial charge is 0.341 e. The monoisotopic (exact) mass is 217 g/mol. The predicted molar refractivity (Wildman–Crippen MR) is 61.0 cm³/mol. The van der Waals surface area contributed by atoms with E-state index in [-0.39, 0.29) is 5.56 Å². The fraction of sp³-hybridized carbons (Fsp3) is 0.167. The van der Waals surface area contributed by atoms with Crippen LogP contribution in [0.25, 0.3) is 10.9 Å². The lowest BCUT2D eigenvalue weighted by Gasteiger charge is -2.04. The van der Waals surface area contributed by atoms with Crippen LogP contribution in [0.4, 0.5) is 0 Å². The highest BCUT2D eigenvalue weighted by atomic mass is 16.4. The average Bonchev–Trinajstić information content (AvgIpc) is 2.15. The number of aromatic nitrogens is 1. The second-order valence-electron chi connectivity index (χ2n) is 3.86. The van der Waals surface area contributed by atoms with E-state index in [9.17, 15) is 9.59 Å². The van der Waals surface area contributed by atoms with Gasteiger partial charge >= 0.3 is 5.97 Å². The first-order valence-electron chi connectivity index (χ1n) is 4.86. The molecule has 0 spiro atoms. The van der Waals surface area contributed by atoms with Gasteiger partial charge in [0.05, 0.1) is 0 Å². The highest BCUT2D eigenvalue weighted by molar-refractivity contribution is 5.93. The van der Waals surface area contributed by atoms with E-state index < -0.39 is 11.5 Å². The molecular formula is C12H11NO3. The van der Waals surface area contributed by atoms with Crippen molar-refractivity contribution in [1.29, 1.82) is 0 Å². The Kier molecular flexibility index (Phi) is 2.27. The Morgan fingerprint density at radius 3 is 2.56 bits per heavy atom. The van der Waals surface area contributed by atoms with Crippen LogP contribution >= 0.6 is 0 Å². The summed E-state index contributed by atoms with van der Waals surface area (Å²) in [5, 5.41) is 9.62. The second-order valence-corrected chi connectivity index (χ2v) is 3.86. The minimum Gasteiger partial charge on any atom is -0.477 e. The van der Waals surface area contributed by atoms with Crippen molar-refractivity contribution in [2.45, 2.75) is 13.8 Å². The minimum atomic E-state index is -1.21. The van der Waals surface area contributed by atoms with Crippen molar-refractivity contribution in [2.75, 3.05) is 0 Å². The predicted octanol–water partition coefficient (Wildman–Crippen LogP) is 1.84. The fourth-order valence-corrected chi connectivity index (χ4v) is 1.83. The van der Waals surface area contributed by atoms with Crippen molar-refractivity contribution in [3.05, 3.63) is 45.2 Å². The SMILES string of the molecule is Cc1cc(C)c2cc(C(=O)O)c(=O)[nH]c2c1. The zero-order valence-corrected chi connectivity index (χ0v) is 9.00. The molecule has 0 aliphatic rings. The molecule has 0 fully saturated rings. The number of aryl methyl sites for hydroxylation is 2. The van der Waals surface area contributed by atoms with Crippen LogP contribution < -0.4 is 5.56 Å². The summed E-state index contributed by atoms with van der Waals surface area (Å²) < 4.78 is 0. The summed E-state index contributed by atoms with van der Waals surface area (Å²) in [4.78, 5) is 24.9. The molecular weight excluding hydrogens is 206 g/mol. The van der Waals surface area contributed by atoms with Gasteiger partial charge in [0.15, 0.2) is 0 Å². The van der Waals surface area contributed by atoms with Gasteiger partial charge in [0.2, 0.25) is 0 Å². The molecule has 0 aliphatic carbocycles. The van der Waals surface area contributed by atoms with E-state index in [1.165, 1.54) is 6.07 Å². The zero-order chi connectivity index (χ0) is 11.9. The molecule has 0 atom stereocenters. The summed E-state index contributed by atoms with van der Waals surface area (Å²) in [6.45, 7) is 3.81. The normalized spacial score (nSPS) is 10.6. The van der Waals surface area contributed by atoms with Gasteiger partial charge in [-0.1, -0.05) is 6.07 Å². The van der Waals surface area contributed by atoms with Gasteiger partial charge in [0.1, 0.15) is 5.56 Å². The Morgan fingerprint density at radius 2 is 1.94 bits per heavy atom. The number of aromatic carboxylic acids is 1. The molecule has 0 radical (unpaired) electrons. The molecule has 2 N–H and O–H groups in total. The number of rotatable bonds is 1. The van der Waals surface area contributed by atoms with Crippen LogP contribution in [-0.2, 0) is 0 Å². The van der Waals surface area contributed by atoms with Crippen molar-refractivity contribution in [3.8, 4) is 0 Å². The maximum absolute atomic E-state index is 11.5. The summed E-state index contributed by atoms with van der Waals surface area (Å²) in [5.41, 5.74) is 1.87. The van der Waals surface area contributed by atoms with Crippen LogP contribution in [0.5, 0.6) is 0 Å². The molecule has 0 bridgehead atoms. The third-order valence-electron chi connectivity index (χ3n) is 2.54. The third kappa shape index (κ3) is 1.58. The van der Waals surface area contributed by atoms with Crippen LogP contribution in [-0.4, -0.2) is 16.1 Å². The molecule has 0 unspecified atom stereocenters. The number of carbonyl (C=O) groups is 1. The van der Waals surface area contributed by atoms with E-state index in [2.05, 4.69) is 4.98 Å². The maximum atomic E-state index is 11.5. The van der Waals surface area contributed by atoms with Crippen molar-refractivity contribution in [3.63, 3.8) is 0 Å². The fourth-order valence-electron chi connectivity index (χ4n) is 1.83. The lowest BCUT2D eigenvalue weighted by atomic mass is 10.0. The Morgan fingerprint density at radius 1 is 1.25 bits per heavy atom. The molecule has 1 aromatic carbocycles. The van der Waals surface area contributed by atoms with Gasteiger partial charge in [0, 0.05) is 10.9 Å². The van der Waals surface area contributed by atoms with Crippen LogP contribution in [0.1, 0.15) is 21.5 Å². The molecule has 4 nitrogen and oxygen atoms in total. The van der Waals surface area contributed by atoms with Crippen molar-refractivity contribution >= 4 is 16.9 Å². The number of hydrogen-bond acceptors (Lipinski definition) is 2. The zero-order valence-electron chi connectivity index (χ0n) is 9.00. The summed E-state index contributed by atoms with van der Waals surface area (Å²) in [5.74, 6) is -1.21. The Balaban J connectivity index is 2.90. The van der Waals surface area contributed by atoms with Gasteiger partial charge in [-0.3, -0.25) is 4.79 Å². The number of nitrogens with one attached hydrogen (secondary N) is 1. The number of pyridine rings is 1. The van der Waals surface area contributed by atoms with E-state index in [0.29, 0.717) is 5.52 Å². The van der Waals surface area contributed by atoms with E-state index in [0.717, 1.165) is 16.5 Å². The number of H-pyrrole nitrogens is 1. The molecule has 2 rings (SSSR count). The van der Waals surface area contributed by atoms with E-state index in [4.69, 9.17) is 5.11 Å². The summed E-state index contributed by atoms with van der Waals surface area (Å²) >= 11 is 0. The Bertz CT molecular complexity index is 640. The maximum Gasteiger partial charge on any atom is 0.341 e. The molecule has 4 heteroatoms. The van der Waals surface area contributed by atoms with E-state index >= 15 is 0 Å². The number of carboxylic acids is 1. The number of benzene rings is 1. The van der Waals surface area contributed by atoms with Gasteiger partial charge in [-0.2, -0.15) is 0 Å². The summed E-state index contributed by atoms with van der Waals surface area (Å²) in [6, 6.07) is 5.20. The molecule has 0 amide bonds. The molecule has 16 heavy (non-hydrogen) atoms. The average molecular weight is 217 g/mol. The lowest BCUT2D eigenvalue weighted by Crippen LogP contribution is -2.17.